The van der Waals surface area contributed by atoms with Crippen molar-refractivity contribution in [3.05, 3.63) is 54.1 Å². The minimum atomic E-state index is -0.323. The Balaban J connectivity index is 1.74. The van der Waals surface area contributed by atoms with Crippen molar-refractivity contribution < 1.29 is 14.3 Å². The van der Waals surface area contributed by atoms with Crippen LogP contribution in [0.2, 0.25) is 0 Å². The van der Waals surface area contributed by atoms with Crippen molar-refractivity contribution in [3.63, 3.8) is 0 Å². The van der Waals surface area contributed by atoms with Gasteiger partial charge in [-0.1, -0.05) is 17.7 Å². The van der Waals surface area contributed by atoms with Crippen molar-refractivity contribution in [2.24, 2.45) is 0 Å². The average Bonchev–Trinajstić information content (AvgIpc) is 2.51. The Kier molecular flexibility index (Phi) is 5.65. The molecule has 5 heteroatoms. The van der Waals surface area contributed by atoms with E-state index in [4.69, 9.17) is 9.47 Å². The first-order valence-corrected chi connectivity index (χ1v) is 7.14. The summed E-state index contributed by atoms with van der Waals surface area (Å²) in [7, 11) is 0. The fourth-order valence-corrected chi connectivity index (χ4v) is 1.80. The molecule has 0 heterocycles. The van der Waals surface area contributed by atoms with E-state index in [1.54, 1.807) is 12.1 Å². The number of hydrogen-bond acceptors (Lipinski definition) is 3. The Morgan fingerprint density at radius 1 is 0.955 bits per heavy atom. The van der Waals surface area contributed by atoms with Gasteiger partial charge in [-0.2, -0.15) is 0 Å². The van der Waals surface area contributed by atoms with Crippen LogP contribution < -0.4 is 20.1 Å². The van der Waals surface area contributed by atoms with E-state index in [2.05, 4.69) is 10.6 Å². The van der Waals surface area contributed by atoms with Gasteiger partial charge in [0.05, 0.1) is 6.61 Å². The quantitative estimate of drug-likeness (QED) is 0.802. The van der Waals surface area contributed by atoms with Crippen LogP contribution in [0.25, 0.3) is 0 Å². The third kappa shape index (κ3) is 5.01. The number of amides is 2. The van der Waals surface area contributed by atoms with Gasteiger partial charge in [-0.05, 0) is 50.2 Å². The molecule has 0 bridgehead atoms. The number of rotatable bonds is 6. The highest BCUT2D eigenvalue weighted by atomic mass is 16.5. The summed E-state index contributed by atoms with van der Waals surface area (Å²) >= 11 is 0. The summed E-state index contributed by atoms with van der Waals surface area (Å²) in [6.45, 7) is 4.65. The molecule has 116 valence electrons. The third-order valence-corrected chi connectivity index (χ3v) is 2.92. The van der Waals surface area contributed by atoms with Crippen LogP contribution in [-0.4, -0.2) is 19.4 Å². The number of benzene rings is 2. The summed E-state index contributed by atoms with van der Waals surface area (Å²) in [5.41, 5.74) is 1.85. The number of carbonyl (C=O) groups excluding carboxylic acids is 1. The molecule has 22 heavy (non-hydrogen) atoms. The van der Waals surface area contributed by atoms with Crippen molar-refractivity contribution in [2.45, 2.75) is 13.8 Å². The molecule has 2 aromatic carbocycles. The lowest BCUT2D eigenvalue weighted by Gasteiger charge is -2.10. The zero-order valence-corrected chi connectivity index (χ0v) is 12.8. The molecule has 2 rings (SSSR count). The molecule has 2 amide bonds. The molecule has 0 fully saturated rings. The van der Waals surface area contributed by atoms with Gasteiger partial charge in [0.25, 0.3) is 0 Å². The predicted octanol–water partition coefficient (Wildman–Crippen LogP) is 3.55. The molecule has 0 radical (unpaired) electrons. The van der Waals surface area contributed by atoms with Gasteiger partial charge < -0.3 is 20.1 Å². The SMILES string of the molecule is CCOc1ccc(NC(=O)NCOc2ccc(C)cc2)cc1. The van der Waals surface area contributed by atoms with E-state index in [-0.39, 0.29) is 12.8 Å². The second-order valence-electron chi connectivity index (χ2n) is 4.69. The van der Waals surface area contributed by atoms with Gasteiger partial charge in [-0.15, -0.1) is 0 Å². The summed E-state index contributed by atoms with van der Waals surface area (Å²) in [6.07, 6.45) is 0. The summed E-state index contributed by atoms with van der Waals surface area (Å²) in [5, 5.41) is 5.35. The standard InChI is InChI=1S/C17H20N2O3/c1-3-21-15-10-6-14(7-11-15)19-17(20)18-12-22-16-8-4-13(2)5-9-16/h4-11H,3,12H2,1-2H3,(H2,18,19,20). The van der Waals surface area contributed by atoms with Crippen LogP contribution in [0.15, 0.2) is 48.5 Å². The van der Waals surface area contributed by atoms with Crippen LogP contribution in [-0.2, 0) is 0 Å². The number of carbonyl (C=O) groups is 1. The largest absolute Gasteiger partial charge is 0.494 e. The Hall–Kier alpha value is -2.69. The molecular formula is C17H20N2O3. The first kappa shape index (κ1) is 15.7. The fourth-order valence-electron chi connectivity index (χ4n) is 1.80. The van der Waals surface area contributed by atoms with Gasteiger partial charge >= 0.3 is 6.03 Å². The van der Waals surface area contributed by atoms with Crippen LogP contribution in [0, 0.1) is 6.92 Å². The molecule has 2 aromatic rings. The monoisotopic (exact) mass is 300 g/mol. The van der Waals surface area contributed by atoms with Gasteiger partial charge in [0.1, 0.15) is 11.5 Å². The zero-order chi connectivity index (χ0) is 15.8. The Bertz CT molecular complexity index is 594. The second kappa shape index (κ2) is 7.93. The van der Waals surface area contributed by atoms with E-state index in [0.717, 1.165) is 11.3 Å². The zero-order valence-electron chi connectivity index (χ0n) is 12.8. The summed E-state index contributed by atoms with van der Waals surface area (Å²) < 4.78 is 10.8. The third-order valence-electron chi connectivity index (χ3n) is 2.92. The van der Waals surface area contributed by atoms with Crippen molar-refractivity contribution in [2.75, 3.05) is 18.7 Å². The van der Waals surface area contributed by atoms with Crippen LogP contribution in [0.3, 0.4) is 0 Å². The molecule has 0 atom stereocenters. The highest BCUT2D eigenvalue weighted by molar-refractivity contribution is 5.89. The van der Waals surface area contributed by atoms with Gasteiger partial charge in [-0.3, -0.25) is 0 Å². The number of nitrogens with one attached hydrogen (secondary N) is 2. The van der Waals surface area contributed by atoms with E-state index < -0.39 is 0 Å². The van der Waals surface area contributed by atoms with Crippen molar-refractivity contribution >= 4 is 11.7 Å². The maximum absolute atomic E-state index is 11.7. The van der Waals surface area contributed by atoms with Gasteiger partial charge in [-0.25, -0.2) is 4.79 Å². The molecule has 0 unspecified atom stereocenters. The molecule has 0 aliphatic carbocycles. The molecule has 5 nitrogen and oxygen atoms in total. The van der Waals surface area contributed by atoms with Crippen LogP contribution >= 0.6 is 0 Å². The highest BCUT2D eigenvalue weighted by Crippen LogP contribution is 2.15. The van der Waals surface area contributed by atoms with Crippen molar-refractivity contribution in [1.82, 2.24) is 5.32 Å². The number of aryl methyl sites for hydroxylation is 1. The van der Waals surface area contributed by atoms with E-state index in [1.165, 1.54) is 0 Å². The number of ether oxygens (including phenoxy) is 2. The molecule has 0 spiro atoms. The molecule has 0 aliphatic rings. The molecule has 0 aliphatic heterocycles. The van der Waals surface area contributed by atoms with Crippen molar-refractivity contribution in [3.8, 4) is 11.5 Å². The Labute approximate surface area is 130 Å². The number of urea groups is 1. The fraction of sp³-hybridized carbons (Fsp3) is 0.235. The lowest BCUT2D eigenvalue weighted by molar-refractivity contribution is 0.234. The molecule has 2 N–H and O–H groups in total. The highest BCUT2D eigenvalue weighted by Gasteiger charge is 2.02. The van der Waals surface area contributed by atoms with E-state index in [1.807, 2.05) is 50.2 Å². The average molecular weight is 300 g/mol. The lowest BCUT2D eigenvalue weighted by atomic mass is 10.2. The van der Waals surface area contributed by atoms with E-state index in [0.29, 0.717) is 18.0 Å². The van der Waals surface area contributed by atoms with Crippen LogP contribution in [0.5, 0.6) is 11.5 Å². The topological polar surface area (TPSA) is 59.6 Å². The molecule has 0 aromatic heterocycles. The first-order chi connectivity index (χ1) is 10.7. The molecule has 0 saturated heterocycles. The molecular weight excluding hydrogens is 280 g/mol. The summed E-state index contributed by atoms with van der Waals surface area (Å²) in [4.78, 5) is 11.7. The minimum absolute atomic E-state index is 0.103. The predicted molar refractivity (Wildman–Crippen MR) is 86.4 cm³/mol. The van der Waals surface area contributed by atoms with Crippen molar-refractivity contribution in [1.29, 1.82) is 0 Å². The van der Waals surface area contributed by atoms with E-state index in [9.17, 15) is 4.79 Å². The van der Waals surface area contributed by atoms with Gasteiger partial charge in [0.15, 0.2) is 6.73 Å². The van der Waals surface area contributed by atoms with Crippen LogP contribution in [0.4, 0.5) is 10.5 Å². The Morgan fingerprint density at radius 3 is 2.18 bits per heavy atom. The first-order valence-electron chi connectivity index (χ1n) is 7.14. The summed E-state index contributed by atoms with van der Waals surface area (Å²) in [5.74, 6) is 1.49. The minimum Gasteiger partial charge on any atom is -0.494 e. The lowest BCUT2D eigenvalue weighted by Crippen LogP contribution is -2.31. The second-order valence-corrected chi connectivity index (χ2v) is 4.69. The Morgan fingerprint density at radius 2 is 1.55 bits per heavy atom. The summed E-state index contributed by atoms with van der Waals surface area (Å²) in [6, 6.07) is 14.5. The van der Waals surface area contributed by atoms with E-state index >= 15 is 0 Å². The van der Waals surface area contributed by atoms with Gasteiger partial charge in [0.2, 0.25) is 0 Å². The maximum atomic E-state index is 11.7. The normalized spacial score (nSPS) is 9.91. The smallest absolute Gasteiger partial charge is 0.321 e. The molecule has 0 saturated carbocycles. The van der Waals surface area contributed by atoms with Gasteiger partial charge in [0, 0.05) is 5.69 Å². The number of anilines is 1. The van der Waals surface area contributed by atoms with Crippen LogP contribution in [0.1, 0.15) is 12.5 Å². The number of hydrogen-bond donors (Lipinski definition) is 2. The maximum Gasteiger partial charge on any atom is 0.321 e.